The lowest BCUT2D eigenvalue weighted by Gasteiger charge is -2.32. The Hall–Kier alpha value is -1.50. The molecule has 1 aliphatic rings. The van der Waals surface area contributed by atoms with Crippen LogP contribution in [0.1, 0.15) is 19.4 Å². The molecule has 0 saturated carbocycles. The van der Waals surface area contributed by atoms with Crippen molar-refractivity contribution in [1.82, 2.24) is 0 Å². The highest BCUT2D eigenvalue weighted by atomic mass is 16.5. The molecule has 72 valence electrons. The standard InChI is InChI=1S/C13H14O/c1-4-11-9-10-7-5-6-8-12(10)14-13(11,2)3/h4-9H,1H2,2-3H3. The maximum atomic E-state index is 5.88. The van der Waals surface area contributed by atoms with Gasteiger partial charge in [-0.3, -0.25) is 0 Å². The van der Waals surface area contributed by atoms with Crippen LogP contribution in [0.5, 0.6) is 5.75 Å². The van der Waals surface area contributed by atoms with Crippen molar-refractivity contribution < 1.29 is 4.74 Å². The van der Waals surface area contributed by atoms with E-state index in [2.05, 4.69) is 26.5 Å². The van der Waals surface area contributed by atoms with Crippen LogP contribution in [0.3, 0.4) is 0 Å². The third-order valence-electron chi connectivity index (χ3n) is 2.51. The van der Waals surface area contributed by atoms with E-state index in [9.17, 15) is 0 Å². The van der Waals surface area contributed by atoms with E-state index < -0.39 is 0 Å². The van der Waals surface area contributed by atoms with E-state index in [0.29, 0.717) is 0 Å². The summed E-state index contributed by atoms with van der Waals surface area (Å²) in [6, 6.07) is 8.04. The maximum Gasteiger partial charge on any atom is 0.128 e. The van der Waals surface area contributed by atoms with Crippen molar-refractivity contribution in [3.8, 4) is 5.75 Å². The van der Waals surface area contributed by atoms with Gasteiger partial charge in [-0.25, -0.2) is 0 Å². The van der Waals surface area contributed by atoms with Crippen LogP contribution in [-0.2, 0) is 0 Å². The molecule has 14 heavy (non-hydrogen) atoms. The SMILES string of the molecule is C=CC1=Cc2ccccc2OC1(C)C. The molecule has 1 heterocycles. The van der Waals surface area contributed by atoms with E-state index in [1.165, 1.54) is 0 Å². The largest absolute Gasteiger partial charge is 0.483 e. The van der Waals surface area contributed by atoms with E-state index in [4.69, 9.17) is 4.74 Å². The lowest BCUT2D eigenvalue weighted by atomic mass is 9.92. The molecule has 0 spiro atoms. The van der Waals surface area contributed by atoms with Gasteiger partial charge >= 0.3 is 0 Å². The smallest absolute Gasteiger partial charge is 0.128 e. The Morgan fingerprint density at radius 2 is 2.00 bits per heavy atom. The van der Waals surface area contributed by atoms with Gasteiger partial charge in [-0.05, 0) is 31.6 Å². The van der Waals surface area contributed by atoms with Gasteiger partial charge in [-0.2, -0.15) is 0 Å². The van der Waals surface area contributed by atoms with Crippen LogP contribution >= 0.6 is 0 Å². The van der Waals surface area contributed by atoms with E-state index >= 15 is 0 Å². The third kappa shape index (κ3) is 1.35. The minimum absolute atomic E-state index is 0.268. The first-order chi connectivity index (χ1) is 6.63. The Bertz CT molecular complexity index is 399. The van der Waals surface area contributed by atoms with Crippen LogP contribution in [0.2, 0.25) is 0 Å². The number of benzene rings is 1. The summed E-state index contributed by atoms with van der Waals surface area (Å²) >= 11 is 0. The van der Waals surface area contributed by atoms with Crippen LogP contribution in [-0.4, -0.2) is 5.60 Å². The Balaban J connectivity index is 2.55. The summed E-state index contributed by atoms with van der Waals surface area (Å²) in [7, 11) is 0. The van der Waals surface area contributed by atoms with Crippen molar-refractivity contribution in [3.05, 3.63) is 48.1 Å². The molecule has 0 unspecified atom stereocenters. The van der Waals surface area contributed by atoms with E-state index in [1.54, 1.807) is 0 Å². The topological polar surface area (TPSA) is 9.23 Å². The van der Waals surface area contributed by atoms with Gasteiger partial charge in [0.15, 0.2) is 0 Å². The van der Waals surface area contributed by atoms with E-state index in [1.807, 2.05) is 30.3 Å². The number of para-hydroxylation sites is 1. The molecule has 0 fully saturated rings. The van der Waals surface area contributed by atoms with Gasteiger partial charge < -0.3 is 4.74 Å². The lowest BCUT2D eigenvalue weighted by Crippen LogP contribution is -2.32. The van der Waals surface area contributed by atoms with Crippen LogP contribution in [0.4, 0.5) is 0 Å². The van der Waals surface area contributed by atoms with Gasteiger partial charge in [0, 0.05) is 5.56 Å². The van der Waals surface area contributed by atoms with Crippen LogP contribution in [0.15, 0.2) is 42.5 Å². The predicted molar refractivity (Wildman–Crippen MR) is 59.3 cm³/mol. The summed E-state index contributed by atoms with van der Waals surface area (Å²) in [6.07, 6.45) is 3.99. The lowest BCUT2D eigenvalue weighted by molar-refractivity contribution is 0.149. The molecule has 0 aromatic heterocycles. The Kier molecular flexibility index (Phi) is 1.95. The number of hydrogen-bond donors (Lipinski definition) is 0. The van der Waals surface area contributed by atoms with Gasteiger partial charge in [0.2, 0.25) is 0 Å². The highest BCUT2D eigenvalue weighted by Gasteiger charge is 2.27. The second kappa shape index (κ2) is 3.02. The molecule has 2 rings (SSSR count). The minimum atomic E-state index is -0.268. The first-order valence-electron chi connectivity index (χ1n) is 4.76. The number of ether oxygens (including phenoxy) is 1. The van der Waals surface area contributed by atoms with Crippen LogP contribution in [0.25, 0.3) is 6.08 Å². The normalized spacial score (nSPS) is 17.7. The van der Waals surface area contributed by atoms with Gasteiger partial charge in [0.25, 0.3) is 0 Å². The number of fused-ring (bicyclic) bond motifs is 1. The summed E-state index contributed by atoms with van der Waals surface area (Å²) in [5, 5.41) is 0. The highest BCUT2D eigenvalue weighted by Crippen LogP contribution is 2.35. The minimum Gasteiger partial charge on any atom is -0.483 e. The zero-order valence-electron chi connectivity index (χ0n) is 8.58. The van der Waals surface area contributed by atoms with Crippen LogP contribution < -0.4 is 4.74 Å². The molecule has 0 bridgehead atoms. The number of hydrogen-bond acceptors (Lipinski definition) is 1. The van der Waals surface area contributed by atoms with Gasteiger partial charge in [0.05, 0.1) is 0 Å². The molecule has 0 N–H and O–H groups in total. The van der Waals surface area contributed by atoms with Gasteiger partial charge in [0.1, 0.15) is 11.4 Å². The van der Waals surface area contributed by atoms with E-state index in [-0.39, 0.29) is 5.60 Å². The van der Waals surface area contributed by atoms with Gasteiger partial charge in [-0.15, -0.1) is 0 Å². The van der Waals surface area contributed by atoms with Crippen molar-refractivity contribution >= 4 is 6.08 Å². The summed E-state index contributed by atoms with van der Waals surface area (Å²) in [6.45, 7) is 7.91. The quantitative estimate of drug-likeness (QED) is 0.653. The monoisotopic (exact) mass is 186 g/mol. The summed E-state index contributed by atoms with van der Waals surface area (Å²) in [5.41, 5.74) is 1.98. The van der Waals surface area contributed by atoms with E-state index in [0.717, 1.165) is 16.9 Å². The fraction of sp³-hybridized carbons (Fsp3) is 0.231. The average Bonchev–Trinajstić information content (AvgIpc) is 2.15. The van der Waals surface area contributed by atoms with Crippen molar-refractivity contribution in [3.63, 3.8) is 0 Å². The molecule has 1 nitrogen and oxygen atoms in total. The molecule has 0 amide bonds. The van der Waals surface area contributed by atoms with Crippen molar-refractivity contribution in [2.24, 2.45) is 0 Å². The molecule has 0 atom stereocenters. The Morgan fingerprint density at radius 3 is 2.71 bits per heavy atom. The Labute approximate surface area is 84.7 Å². The fourth-order valence-corrected chi connectivity index (χ4v) is 1.67. The molecule has 1 aromatic carbocycles. The van der Waals surface area contributed by atoms with Gasteiger partial charge in [-0.1, -0.05) is 30.9 Å². The zero-order chi connectivity index (χ0) is 10.2. The zero-order valence-corrected chi connectivity index (χ0v) is 8.58. The first kappa shape index (κ1) is 9.07. The van der Waals surface area contributed by atoms with Crippen molar-refractivity contribution in [2.45, 2.75) is 19.4 Å². The fourth-order valence-electron chi connectivity index (χ4n) is 1.67. The maximum absolute atomic E-state index is 5.88. The molecule has 0 saturated heterocycles. The van der Waals surface area contributed by atoms with Crippen molar-refractivity contribution in [1.29, 1.82) is 0 Å². The molecule has 0 aliphatic carbocycles. The second-order valence-corrected chi connectivity index (χ2v) is 3.95. The average molecular weight is 186 g/mol. The Morgan fingerprint density at radius 1 is 1.29 bits per heavy atom. The van der Waals surface area contributed by atoms with Crippen LogP contribution in [0, 0.1) is 0 Å². The third-order valence-corrected chi connectivity index (χ3v) is 2.51. The predicted octanol–water partition coefficient (Wildman–Crippen LogP) is 3.43. The number of rotatable bonds is 1. The summed E-state index contributed by atoms with van der Waals surface area (Å²) < 4.78 is 5.88. The summed E-state index contributed by atoms with van der Waals surface area (Å²) in [4.78, 5) is 0. The molecule has 1 aromatic rings. The molecular formula is C13H14O. The molecular weight excluding hydrogens is 172 g/mol. The highest BCUT2D eigenvalue weighted by molar-refractivity contribution is 5.66. The van der Waals surface area contributed by atoms with Crippen molar-refractivity contribution in [2.75, 3.05) is 0 Å². The first-order valence-corrected chi connectivity index (χ1v) is 4.76. The summed E-state index contributed by atoms with van der Waals surface area (Å²) in [5.74, 6) is 0.947. The molecule has 0 radical (unpaired) electrons. The molecule has 1 aliphatic heterocycles. The second-order valence-electron chi connectivity index (χ2n) is 3.95. The molecule has 1 heteroatoms.